The molecule has 0 aromatic heterocycles. The molecule has 4 heteroatoms. The Morgan fingerprint density at radius 3 is 2.58 bits per heavy atom. The van der Waals surface area contributed by atoms with Gasteiger partial charge in [0.25, 0.3) is 5.91 Å². The van der Waals surface area contributed by atoms with E-state index < -0.39 is 0 Å². The summed E-state index contributed by atoms with van der Waals surface area (Å²) >= 11 is 0. The minimum Gasteiger partial charge on any atom is -0.364 e. The molecule has 1 saturated heterocycles. The Morgan fingerprint density at radius 1 is 1.21 bits per heavy atom. The second-order valence-electron chi connectivity index (χ2n) is 7.62. The van der Waals surface area contributed by atoms with Crippen LogP contribution in [0.4, 0.5) is 0 Å². The summed E-state index contributed by atoms with van der Waals surface area (Å²) in [6.07, 6.45) is 5.43. The molecule has 1 amide bonds. The topological polar surface area (TPSA) is 42.8 Å². The van der Waals surface area contributed by atoms with E-state index in [1.165, 1.54) is 47.3 Å². The number of amides is 1. The Kier molecular flexibility index (Phi) is 5.57. The number of quaternary nitrogens is 1. The summed E-state index contributed by atoms with van der Waals surface area (Å²) in [5, 5.41) is 3.18. The van der Waals surface area contributed by atoms with Gasteiger partial charge in [-0.25, -0.2) is 0 Å². The molecule has 1 aromatic carbocycles. The van der Waals surface area contributed by atoms with Crippen LogP contribution in [0.15, 0.2) is 18.2 Å². The third kappa shape index (κ3) is 4.37. The number of nitrogens with one attached hydrogen (secondary N) is 2. The Morgan fingerprint density at radius 2 is 1.88 bits per heavy atom. The van der Waals surface area contributed by atoms with Gasteiger partial charge in [-0.15, -0.1) is 0 Å². The van der Waals surface area contributed by atoms with Crippen LogP contribution in [0.1, 0.15) is 56.3 Å². The molecular formula is C20H31N2O2+. The normalized spacial score (nSPS) is 28.0. The maximum atomic E-state index is 12.4. The fourth-order valence-electron chi connectivity index (χ4n) is 4.16. The number of carbonyl (C=O) groups is 1. The third-order valence-corrected chi connectivity index (χ3v) is 5.28. The Hall–Kier alpha value is -1.39. The number of hydrogen-bond acceptors (Lipinski definition) is 2. The summed E-state index contributed by atoms with van der Waals surface area (Å²) in [4.78, 5) is 13.7. The Bertz CT molecular complexity index is 577. The van der Waals surface area contributed by atoms with Crippen molar-refractivity contribution in [3.8, 4) is 0 Å². The van der Waals surface area contributed by atoms with Crippen molar-refractivity contribution in [2.45, 2.75) is 64.7 Å². The van der Waals surface area contributed by atoms with Crippen LogP contribution in [0.5, 0.6) is 0 Å². The van der Waals surface area contributed by atoms with Crippen LogP contribution in [0.2, 0.25) is 0 Å². The Labute approximate surface area is 145 Å². The van der Waals surface area contributed by atoms with Crippen LogP contribution in [0.25, 0.3) is 0 Å². The second kappa shape index (κ2) is 7.66. The zero-order valence-electron chi connectivity index (χ0n) is 15.2. The molecule has 1 unspecified atom stereocenters. The summed E-state index contributed by atoms with van der Waals surface area (Å²) < 4.78 is 5.75. The molecule has 0 bridgehead atoms. The van der Waals surface area contributed by atoms with Crippen LogP contribution in [-0.2, 0) is 22.4 Å². The zero-order chi connectivity index (χ0) is 17.1. The number of rotatable bonds is 4. The van der Waals surface area contributed by atoms with E-state index >= 15 is 0 Å². The molecule has 1 aliphatic carbocycles. The summed E-state index contributed by atoms with van der Waals surface area (Å²) in [5.41, 5.74) is 4.19. The zero-order valence-corrected chi connectivity index (χ0v) is 15.2. The molecule has 0 radical (unpaired) electrons. The van der Waals surface area contributed by atoms with E-state index in [0.717, 1.165) is 13.1 Å². The summed E-state index contributed by atoms with van der Waals surface area (Å²) in [6.45, 7) is 8.61. The van der Waals surface area contributed by atoms with Gasteiger partial charge in [-0.1, -0.05) is 18.2 Å². The van der Waals surface area contributed by atoms with Gasteiger partial charge in [-0.2, -0.15) is 0 Å². The minimum atomic E-state index is 0.0695. The van der Waals surface area contributed by atoms with Gasteiger partial charge in [-0.3, -0.25) is 4.79 Å². The van der Waals surface area contributed by atoms with E-state index in [4.69, 9.17) is 4.74 Å². The summed E-state index contributed by atoms with van der Waals surface area (Å²) in [6, 6.07) is 6.80. The van der Waals surface area contributed by atoms with Gasteiger partial charge in [0, 0.05) is 0 Å². The van der Waals surface area contributed by atoms with Crippen molar-refractivity contribution in [3.05, 3.63) is 34.9 Å². The van der Waals surface area contributed by atoms with Gasteiger partial charge in [0.2, 0.25) is 0 Å². The van der Waals surface area contributed by atoms with Crippen LogP contribution in [0.3, 0.4) is 0 Å². The number of fused-ring (bicyclic) bond motifs is 1. The van der Waals surface area contributed by atoms with Gasteiger partial charge in [0.15, 0.2) is 6.54 Å². The summed E-state index contributed by atoms with van der Waals surface area (Å²) in [5.74, 6) is 0.136. The molecule has 2 N–H and O–H groups in total. The van der Waals surface area contributed by atoms with Crippen molar-refractivity contribution in [1.29, 1.82) is 0 Å². The van der Waals surface area contributed by atoms with E-state index in [0.29, 0.717) is 6.54 Å². The van der Waals surface area contributed by atoms with Gasteiger partial charge < -0.3 is 15.0 Å². The predicted molar refractivity (Wildman–Crippen MR) is 95.2 cm³/mol. The summed E-state index contributed by atoms with van der Waals surface area (Å²) in [7, 11) is 0. The third-order valence-electron chi connectivity index (χ3n) is 5.28. The first kappa shape index (κ1) is 17.4. The number of aryl methyl sites for hydroxylation is 2. The molecule has 1 aliphatic heterocycles. The number of ether oxygens (including phenoxy) is 1. The van der Waals surface area contributed by atoms with Gasteiger partial charge in [0.05, 0.1) is 6.04 Å². The van der Waals surface area contributed by atoms with E-state index in [1.54, 1.807) is 0 Å². The van der Waals surface area contributed by atoms with Crippen molar-refractivity contribution in [2.24, 2.45) is 0 Å². The highest BCUT2D eigenvalue weighted by Crippen LogP contribution is 2.24. The molecule has 0 saturated carbocycles. The molecule has 1 aromatic rings. The first-order chi connectivity index (χ1) is 11.5. The van der Waals surface area contributed by atoms with Crippen molar-refractivity contribution < 1.29 is 14.4 Å². The van der Waals surface area contributed by atoms with E-state index in [1.807, 2.05) is 0 Å². The lowest BCUT2D eigenvalue weighted by Crippen LogP contribution is -3.16. The van der Waals surface area contributed by atoms with Crippen molar-refractivity contribution in [1.82, 2.24) is 5.32 Å². The van der Waals surface area contributed by atoms with Crippen LogP contribution >= 0.6 is 0 Å². The second-order valence-corrected chi connectivity index (χ2v) is 7.62. The molecule has 1 fully saturated rings. The van der Waals surface area contributed by atoms with Crippen molar-refractivity contribution in [2.75, 3.05) is 19.6 Å². The fourth-order valence-corrected chi connectivity index (χ4v) is 4.16. The number of morpholine rings is 1. The average molecular weight is 331 g/mol. The van der Waals surface area contributed by atoms with Crippen LogP contribution in [-0.4, -0.2) is 37.7 Å². The van der Waals surface area contributed by atoms with Gasteiger partial charge >= 0.3 is 0 Å². The first-order valence-electron chi connectivity index (χ1n) is 9.41. The maximum absolute atomic E-state index is 12.4. The van der Waals surface area contributed by atoms with Crippen molar-refractivity contribution in [3.63, 3.8) is 0 Å². The SMILES string of the molecule is C[C@@H]1C[NH+](CC(=O)N[C@@H](C)c2ccc3c(c2)CCCC3)C[C@H](C)O1. The highest BCUT2D eigenvalue weighted by atomic mass is 16.5. The molecule has 4 nitrogen and oxygen atoms in total. The highest BCUT2D eigenvalue weighted by Gasteiger charge is 2.27. The molecule has 0 spiro atoms. The smallest absolute Gasteiger partial charge is 0.275 e. The van der Waals surface area contributed by atoms with Gasteiger partial charge in [0.1, 0.15) is 25.3 Å². The standard InChI is InChI=1S/C20H30N2O2/c1-14-11-22(12-15(2)24-14)13-20(23)21-16(3)18-9-8-17-6-4-5-7-19(17)10-18/h8-10,14-16H,4-7,11-13H2,1-3H3,(H,21,23)/p+1/t14-,15+,16-/m0/s1. The predicted octanol–water partition coefficient (Wildman–Crippen LogP) is 1.43. The molecule has 3 rings (SSSR count). The van der Waals surface area contributed by atoms with E-state index in [9.17, 15) is 4.79 Å². The number of hydrogen-bond donors (Lipinski definition) is 2. The van der Waals surface area contributed by atoms with Gasteiger partial charge in [-0.05, 0) is 63.1 Å². The minimum absolute atomic E-state index is 0.0695. The lowest BCUT2D eigenvalue weighted by atomic mass is 9.89. The quantitative estimate of drug-likeness (QED) is 0.877. The monoisotopic (exact) mass is 331 g/mol. The van der Waals surface area contributed by atoms with Crippen molar-refractivity contribution >= 4 is 5.91 Å². The molecule has 24 heavy (non-hydrogen) atoms. The largest absolute Gasteiger partial charge is 0.364 e. The molecule has 132 valence electrons. The molecule has 1 heterocycles. The number of benzene rings is 1. The molecule has 4 atom stereocenters. The first-order valence-corrected chi connectivity index (χ1v) is 9.41. The van der Waals surface area contributed by atoms with E-state index in [2.05, 4.69) is 44.3 Å². The Balaban J connectivity index is 1.56. The molecular weight excluding hydrogens is 300 g/mol. The van der Waals surface area contributed by atoms with Crippen LogP contribution < -0.4 is 10.2 Å². The number of carbonyl (C=O) groups excluding carboxylic acids is 1. The maximum Gasteiger partial charge on any atom is 0.275 e. The lowest BCUT2D eigenvalue weighted by molar-refractivity contribution is -0.907. The average Bonchev–Trinajstić information content (AvgIpc) is 2.53. The highest BCUT2D eigenvalue weighted by molar-refractivity contribution is 5.77. The van der Waals surface area contributed by atoms with E-state index in [-0.39, 0.29) is 24.2 Å². The lowest BCUT2D eigenvalue weighted by Gasteiger charge is -2.32. The molecule has 2 aliphatic rings. The fraction of sp³-hybridized carbons (Fsp3) is 0.650. The van der Waals surface area contributed by atoms with Crippen LogP contribution in [0, 0.1) is 0 Å².